The quantitative estimate of drug-likeness (QED) is 0.558. The van der Waals surface area contributed by atoms with Crippen LogP contribution in [0.1, 0.15) is 39.5 Å². The molecule has 1 nitrogen and oxygen atoms in total. The van der Waals surface area contributed by atoms with Gasteiger partial charge in [-0.3, -0.25) is 0 Å². The van der Waals surface area contributed by atoms with Gasteiger partial charge < -0.3 is 4.74 Å². The van der Waals surface area contributed by atoms with Crippen molar-refractivity contribution in [2.75, 3.05) is 0 Å². The first kappa shape index (κ1) is 10.7. The first-order valence-electron chi connectivity index (χ1n) is 4.52. The summed E-state index contributed by atoms with van der Waals surface area (Å²) in [5.41, 5.74) is 0. The summed E-state index contributed by atoms with van der Waals surface area (Å²) in [5, 5.41) is 0. The van der Waals surface area contributed by atoms with Crippen LogP contribution in [0, 0.1) is 0 Å². The van der Waals surface area contributed by atoms with Crippen LogP contribution < -0.4 is 0 Å². The van der Waals surface area contributed by atoms with Gasteiger partial charge in [-0.25, -0.2) is 0 Å². The molecule has 1 aliphatic heterocycles. The maximum absolute atomic E-state index is 5.66. The molecule has 0 unspecified atom stereocenters. The smallest absolute Gasteiger partial charge is 0.0577 e. The lowest BCUT2D eigenvalue weighted by atomic mass is 10.1. The third-order valence-corrected chi connectivity index (χ3v) is 2.11. The van der Waals surface area contributed by atoms with Crippen molar-refractivity contribution in [2.24, 2.45) is 0 Å². The van der Waals surface area contributed by atoms with Gasteiger partial charge in [0, 0.05) is 0 Å². The zero-order valence-corrected chi connectivity index (χ0v) is 7.81. The fourth-order valence-electron chi connectivity index (χ4n) is 1.38. The molecule has 0 aliphatic carbocycles. The summed E-state index contributed by atoms with van der Waals surface area (Å²) in [5.74, 6) is 0. The number of ether oxygens (including phenoxy) is 1. The molecule has 0 aromatic carbocycles. The van der Waals surface area contributed by atoms with Crippen LogP contribution in [0.15, 0.2) is 13.2 Å². The van der Waals surface area contributed by atoms with E-state index in [0.29, 0.717) is 12.2 Å². The molecule has 0 aromatic rings. The molecule has 0 N–H and O–H groups in total. The molecule has 66 valence electrons. The number of rotatable bonds is 2. The second-order valence-corrected chi connectivity index (χ2v) is 2.77. The van der Waals surface area contributed by atoms with Gasteiger partial charge in [-0.1, -0.05) is 13.8 Å². The van der Waals surface area contributed by atoms with Crippen molar-refractivity contribution >= 4 is 0 Å². The summed E-state index contributed by atoms with van der Waals surface area (Å²) >= 11 is 0. The number of hydrogen-bond acceptors (Lipinski definition) is 1. The molecular weight excluding hydrogens is 136 g/mol. The minimum atomic E-state index is 0.579. The van der Waals surface area contributed by atoms with Crippen LogP contribution >= 0.6 is 0 Å². The lowest BCUT2D eigenvalue weighted by Gasteiger charge is -2.08. The van der Waals surface area contributed by atoms with E-state index in [1.54, 1.807) is 0 Å². The Labute approximate surface area is 70.4 Å². The van der Waals surface area contributed by atoms with Crippen LogP contribution in [-0.2, 0) is 4.74 Å². The highest BCUT2D eigenvalue weighted by Crippen LogP contribution is 2.23. The van der Waals surface area contributed by atoms with Crippen LogP contribution in [0.3, 0.4) is 0 Å². The molecule has 1 heterocycles. The second-order valence-electron chi connectivity index (χ2n) is 2.77. The summed E-state index contributed by atoms with van der Waals surface area (Å²) in [6.45, 7) is 10.4. The standard InChI is InChI=1S/C8H16O.C2H4/c1-3-7-5-6-8(4-2)9-7;1-2/h7-8H,3-6H2,1-2H3;1-2H2/t7-,8+;. The maximum atomic E-state index is 5.66. The lowest BCUT2D eigenvalue weighted by Crippen LogP contribution is -2.08. The summed E-state index contributed by atoms with van der Waals surface area (Å²) in [6.07, 6.45) is 6.11. The topological polar surface area (TPSA) is 9.23 Å². The molecule has 0 amide bonds. The van der Waals surface area contributed by atoms with E-state index in [-0.39, 0.29) is 0 Å². The van der Waals surface area contributed by atoms with E-state index in [4.69, 9.17) is 4.74 Å². The van der Waals surface area contributed by atoms with Gasteiger partial charge in [-0.05, 0) is 25.7 Å². The molecule has 0 spiro atoms. The summed E-state index contributed by atoms with van der Waals surface area (Å²) in [7, 11) is 0. The van der Waals surface area contributed by atoms with E-state index >= 15 is 0 Å². The van der Waals surface area contributed by atoms with Crippen molar-refractivity contribution in [1.82, 2.24) is 0 Å². The molecule has 1 fully saturated rings. The average molecular weight is 156 g/mol. The normalized spacial score (nSPS) is 29.3. The van der Waals surface area contributed by atoms with Gasteiger partial charge in [0.2, 0.25) is 0 Å². The minimum Gasteiger partial charge on any atom is -0.375 e. The molecule has 1 aliphatic rings. The highest BCUT2D eigenvalue weighted by molar-refractivity contribution is 4.70. The van der Waals surface area contributed by atoms with Gasteiger partial charge in [0.1, 0.15) is 0 Å². The van der Waals surface area contributed by atoms with Gasteiger partial charge in [-0.2, -0.15) is 0 Å². The van der Waals surface area contributed by atoms with E-state index < -0.39 is 0 Å². The van der Waals surface area contributed by atoms with Crippen LogP contribution in [0.25, 0.3) is 0 Å². The molecule has 0 radical (unpaired) electrons. The average Bonchev–Trinajstić information content (AvgIpc) is 2.55. The van der Waals surface area contributed by atoms with Gasteiger partial charge in [0.05, 0.1) is 12.2 Å². The van der Waals surface area contributed by atoms with Gasteiger partial charge in [-0.15, -0.1) is 13.2 Å². The Morgan fingerprint density at radius 3 is 1.64 bits per heavy atom. The van der Waals surface area contributed by atoms with Crippen molar-refractivity contribution in [1.29, 1.82) is 0 Å². The largest absolute Gasteiger partial charge is 0.375 e. The van der Waals surface area contributed by atoms with E-state index in [1.165, 1.54) is 25.7 Å². The van der Waals surface area contributed by atoms with Crippen molar-refractivity contribution in [3.05, 3.63) is 13.2 Å². The highest BCUT2D eigenvalue weighted by atomic mass is 16.5. The third kappa shape index (κ3) is 3.57. The Kier molecular flexibility index (Phi) is 6.24. The van der Waals surface area contributed by atoms with Crippen LogP contribution in [-0.4, -0.2) is 12.2 Å². The van der Waals surface area contributed by atoms with E-state index in [9.17, 15) is 0 Å². The van der Waals surface area contributed by atoms with Crippen LogP contribution in [0.5, 0.6) is 0 Å². The predicted molar refractivity (Wildman–Crippen MR) is 49.7 cm³/mol. The Hall–Kier alpha value is -0.300. The van der Waals surface area contributed by atoms with E-state index in [0.717, 1.165) is 0 Å². The molecule has 0 bridgehead atoms. The SMILES string of the molecule is C=C.CC[C@@H]1CC[C@H](CC)O1. The summed E-state index contributed by atoms with van der Waals surface area (Å²) in [6, 6.07) is 0. The number of hydrogen-bond donors (Lipinski definition) is 0. The van der Waals surface area contributed by atoms with Crippen molar-refractivity contribution in [2.45, 2.75) is 51.7 Å². The Morgan fingerprint density at radius 1 is 1.09 bits per heavy atom. The maximum Gasteiger partial charge on any atom is 0.0577 e. The first-order valence-corrected chi connectivity index (χ1v) is 4.52. The van der Waals surface area contributed by atoms with Gasteiger partial charge >= 0.3 is 0 Å². The molecule has 0 saturated carbocycles. The van der Waals surface area contributed by atoms with Crippen LogP contribution in [0.4, 0.5) is 0 Å². The fraction of sp³-hybridized carbons (Fsp3) is 0.800. The Morgan fingerprint density at radius 2 is 1.45 bits per heavy atom. The van der Waals surface area contributed by atoms with Crippen molar-refractivity contribution < 1.29 is 4.74 Å². The van der Waals surface area contributed by atoms with Crippen LogP contribution in [0.2, 0.25) is 0 Å². The molecule has 0 aromatic heterocycles. The Bertz CT molecular complexity index is 80.9. The zero-order chi connectivity index (χ0) is 8.69. The van der Waals surface area contributed by atoms with Gasteiger partial charge in [0.25, 0.3) is 0 Å². The molecule has 1 heteroatoms. The fourth-order valence-corrected chi connectivity index (χ4v) is 1.38. The highest BCUT2D eigenvalue weighted by Gasteiger charge is 2.21. The monoisotopic (exact) mass is 156 g/mol. The lowest BCUT2D eigenvalue weighted by molar-refractivity contribution is 0.0416. The van der Waals surface area contributed by atoms with Gasteiger partial charge in [0.15, 0.2) is 0 Å². The molecule has 2 atom stereocenters. The molecule has 1 saturated heterocycles. The molecule has 1 rings (SSSR count). The first-order chi connectivity index (χ1) is 5.36. The second kappa shape index (κ2) is 6.41. The zero-order valence-electron chi connectivity index (χ0n) is 7.81. The van der Waals surface area contributed by atoms with E-state index in [2.05, 4.69) is 27.0 Å². The minimum absolute atomic E-state index is 0.579. The Balaban J connectivity index is 0.000000461. The predicted octanol–water partition coefficient (Wildman–Crippen LogP) is 3.16. The third-order valence-electron chi connectivity index (χ3n) is 2.11. The molecule has 11 heavy (non-hydrogen) atoms. The van der Waals surface area contributed by atoms with E-state index in [1.807, 2.05) is 0 Å². The molecular formula is C10H20O. The van der Waals surface area contributed by atoms with Crippen molar-refractivity contribution in [3.8, 4) is 0 Å². The summed E-state index contributed by atoms with van der Waals surface area (Å²) in [4.78, 5) is 0. The summed E-state index contributed by atoms with van der Waals surface area (Å²) < 4.78 is 5.66. The van der Waals surface area contributed by atoms with Crippen molar-refractivity contribution in [3.63, 3.8) is 0 Å².